The third kappa shape index (κ3) is 2.71. The molecule has 0 amide bonds. The standard InChI is InChI=1S/C12H22O2/c13-8-12-7-6-11(9-14-12)5-4-10-2-1-3-10/h10-13H,1-9H2. The van der Waals surface area contributed by atoms with Crippen molar-refractivity contribution in [2.75, 3.05) is 13.2 Å². The third-order valence-electron chi connectivity index (χ3n) is 3.88. The second-order valence-corrected chi connectivity index (χ2v) is 4.96. The Bertz CT molecular complexity index is 158. The van der Waals surface area contributed by atoms with E-state index in [2.05, 4.69) is 0 Å². The largest absolute Gasteiger partial charge is 0.394 e. The van der Waals surface area contributed by atoms with Gasteiger partial charge in [-0.2, -0.15) is 0 Å². The van der Waals surface area contributed by atoms with Crippen LogP contribution in [-0.2, 0) is 4.74 Å². The van der Waals surface area contributed by atoms with Crippen LogP contribution in [0.5, 0.6) is 0 Å². The summed E-state index contributed by atoms with van der Waals surface area (Å²) < 4.78 is 5.57. The van der Waals surface area contributed by atoms with Gasteiger partial charge in [0.15, 0.2) is 0 Å². The zero-order valence-electron chi connectivity index (χ0n) is 8.95. The van der Waals surface area contributed by atoms with E-state index in [1.54, 1.807) is 0 Å². The fourth-order valence-electron chi connectivity index (χ4n) is 2.48. The zero-order chi connectivity index (χ0) is 9.80. The van der Waals surface area contributed by atoms with Crippen LogP contribution in [0, 0.1) is 11.8 Å². The highest BCUT2D eigenvalue weighted by Crippen LogP contribution is 2.33. The van der Waals surface area contributed by atoms with Crippen molar-refractivity contribution in [2.45, 2.75) is 51.0 Å². The Hall–Kier alpha value is -0.0800. The molecule has 0 radical (unpaired) electrons. The van der Waals surface area contributed by atoms with E-state index in [1.807, 2.05) is 0 Å². The first kappa shape index (κ1) is 10.4. The Morgan fingerprint density at radius 2 is 1.79 bits per heavy atom. The van der Waals surface area contributed by atoms with Crippen LogP contribution >= 0.6 is 0 Å². The lowest BCUT2D eigenvalue weighted by molar-refractivity contribution is -0.0456. The van der Waals surface area contributed by atoms with Gasteiger partial charge in [0.05, 0.1) is 12.7 Å². The second kappa shape index (κ2) is 5.13. The highest BCUT2D eigenvalue weighted by molar-refractivity contribution is 4.74. The Morgan fingerprint density at radius 1 is 1.00 bits per heavy atom. The van der Waals surface area contributed by atoms with Crippen molar-refractivity contribution in [1.82, 2.24) is 0 Å². The topological polar surface area (TPSA) is 29.5 Å². The quantitative estimate of drug-likeness (QED) is 0.751. The monoisotopic (exact) mass is 198 g/mol. The van der Waals surface area contributed by atoms with Crippen LogP contribution < -0.4 is 0 Å². The molecule has 2 rings (SSSR count). The van der Waals surface area contributed by atoms with E-state index in [0.29, 0.717) is 0 Å². The first-order chi connectivity index (χ1) is 6.88. The predicted octanol–water partition coefficient (Wildman–Crippen LogP) is 2.35. The molecule has 0 spiro atoms. The molecule has 0 aromatic heterocycles. The number of rotatable bonds is 4. The number of hydrogen-bond donors (Lipinski definition) is 1. The van der Waals surface area contributed by atoms with E-state index in [0.717, 1.165) is 24.9 Å². The molecule has 1 heterocycles. The summed E-state index contributed by atoms with van der Waals surface area (Å²) in [6, 6.07) is 0. The van der Waals surface area contributed by atoms with Gasteiger partial charge in [0, 0.05) is 6.61 Å². The normalized spacial score (nSPS) is 34.1. The van der Waals surface area contributed by atoms with Crippen molar-refractivity contribution in [3.05, 3.63) is 0 Å². The Morgan fingerprint density at radius 3 is 2.29 bits per heavy atom. The van der Waals surface area contributed by atoms with Gasteiger partial charge in [-0.1, -0.05) is 25.7 Å². The van der Waals surface area contributed by atoms with Gasteiger partial charge in [0.1, 0.15) is 0 Å². The molecule has 0 aromatic carbocycles. The maximum atomic E-state index is 8.92. The van der Waals surface area contributed by atoms with Gasteiger partial charge < -0.3 is 9.84 Å². The number of ether oxygens (including phenoxy) is 1. The first-order valence-corrected chi connectivity index (χ1v) is 6.11. The summed E-state index contributed by atoms with van der Waals surface area (Å²) in [5.41, 5.74) is 0. The summed E-state index contributed by atoms with van der Waals surface area (Å²) in [5, 5.41) is 8.92. The van der Waals surface area contributed by atoms with Crippen molar-refractivity contribution in [1.29, 1.82) is 0 Å². The Balaban J connectivity index is 1.58. The third-order valence-corrected chi connectivity index (χ3v) is 3.88. The average Bonchev–Trinajstić information content (AvgIpc) is 2.16. The number of hydrogen-bond acceptors (Lipinski definition) is 2. The molecule has 2 aliphatic rings. The SMILES string of the molecule is OCC1CCC(CCC2CCC2)CO1. The van der Waals surface area contributed by atoms with E-state index in [-0.39, 0.29) is 12.7 Å². The van der Waals surface area contributed by atoms with Crippen LogP contribution in [0.1, 0.15) is 44.9 Å². The van der Waals surface area contributed by atoms with Crippen LogP contribution in [0.15, 0.2) is 0 Å². The highest BCUT2D eigenvalue weighted by atomic mass is 16.5. The summed E-state index contributed by atoms with van der Waals surface area (Å²) in [5.74, 6) is 1.81. The van der Waals surface area contributed by atoms with Gasteiger partial charge in [-0.3, -0.25) is 0 Å². The van der Waals surface area contributed by atoms with Crippen molar-refractivity contribution >= 4 is 0 Å². The van der Waals surface area contributed by atoms with Gasteiger partial charge in [0.2, 0.25) is 0 Å². The lowest BCUT2D eigenvalue weighted by atomic mass is 9.79. The van der Waals surface area contributed by atoms with Crippen LogP contribution in [0.3, 0.4) is 0 Å². The zero-order valence-corrected chi connectivity index (χ0v) is 8.95. The first-order valence-electron chi connectivity index (χ1n) is 6.11. The van der Waals surface area contributed by atoms with Crippen LogP contribution in [0.2, 0.25) is 0 Å². The van der Waals surface area contributed by atoms with E-state index in [4.69, 9.17) is 9.84 Å². The van der Waals surface area contributed by atoms with Crippen molar-refractivity contribution < 1.29 is 9.84 Å². The molecule has 2 heteroatoms. The van der Waals surface area contributed by atoms with Crippen LogP contribution in [0.4, 0.5) is 0 Å². The summed E-state index contributed by atoms with van der Waals surface area (Å²) >= 11 is 0. The van der Waals surface area contributed by atoms with Crippen molar-refractivity contribution in [2.24, 2.45) is 11.8 Å². The molecule has 14 heavy (non-hydrogen) atoms. The summed E-state index contributed by atoms with van der Waals surface area (Å²) in [4.78, 5) is 0. The minimum absolute atomic E-state index is 0.134. The molecule has 82 valence electrons. The molecule has 1 saturated carbocycles. The molecule has 2 nitrogen and oxygen atoms in total. The molecule has 1 N–H and O–H groups in total. The van der Waals surface area contributed by atoms with Gasteiger partial charge in [0.25, 0.3) is 0 Å². The predicted molar refractivity (Wildman–Crippen MR) is 56.1 cm³/mol. The van der Waals surface area contributed by atoms with Crippen molar-refractivity contribution in [3.63, 3.8) is 0 Å². The molecule has 1 saturated heterocycles. The van der Waals surface area contributed by atoms with Gasteiger partial charge in [-0.25, -0.2) is 0 Å². The molecule has 2 fully saturated rings. The molecular formula is C12H22O2. The van der Waals surface area contributed by atoms with E-state index in [1.165, 1.54) is 38.5 Å². The summed E-state index contributed by atoms with van der Waals surface area (Å²) in [6.45, 7) is 1.09. The lowest BCUT2D eigenvalue weighted by Crippen LogP contribution is -2.29. The van der Waals surface area contributed by atoms with Gasteiger partial charge >= 0.3 is 0 Å². The smallest absolute Gasteiger partial charge is 0.0806 e. The van der Waals surface area contributed by atoms with Crippen molar-refractivity contribution in [3.8, 4) is 0 Å². The molecule has 2 unspecified atom stereocenters. The summed E-state index contributed by atoms with van der Waals surface area (Å²) in [6.07, 6.45) is 9.61. The Labute approximate surface area is 86.6 Å². The minimum atomic E-state index is 0.134. The molecule has 0 bridgehead atoms. The molecule has 0 aromatic rings. The van der Waals surface area contributed by atoms with E-state index < -0.39 is 0 Å². The maximum absolute atomic E-state index is 8.92. The number of aliphatic hydroxyl groups is 1. The molecule has 1 aliphatic carbocycles. The number of aliphatic hydroxyl groups excluding tert-OH is 1. The van der Waals surface area contributed by atoms with Gasteiger partial charge in [-0.15, -0.1) is 0 Å². The van der Waals surface area contributed by atoms with E-state index in [9.17, 15) is 0 Å². The highest BCUT2D eigenvalue weighted by Gasteiger charge is 2.23. The maximum Gasteiger partial charge on any atom is 0.0806 e. The average molecular weight is 198 g/mol. The summed E-state index contributed by atoms with van der Waals surface area (Å²) in [7, 11) is 0. The van der Waals surface area contributed by atoms with Crippen LogP contribution in [0.25, 0.3) is 0 Å². The van der Waals surface area contributed by atoms with Crippen LogP contribution in [-0.4, -0.2) is 24.4 Å². The Kier molecular flexibility index (Phi) is 3.82. The fourth-order valence-corrected chi connectivity index (χ4v) is 2.48. The van der Waals surface area contributed by atoms with E-state index >= 15 is 0 Å². The lowest BCUT2D eigenvalue weighted by Gasteiger charge is -2.31. The fraction of sp³-hybridized carbons (Fsp3) is 1.00. The molecule has 2 atom stereocenters. The second-order valence-electron chi connectivity index (χ2n) is 4.96. The van der Waals surface area contributed by atoms with Gasteiger partial charge in [-0.05, 0) is 31.1 Å². The molecular weight excluding hydrogens is 176 g/mol. The molecule has 1 aliphatic heterocycles. The minimum Gasteiger partial charge on any atom is -0.394 e.